The van der Waals surface area contributed by atoms with Crippen molar-refractivity contribution in [1.82, 2.24) is 0 Å². The normalized spacial score (nSPS) is 19.0. The van der Waals surface area contributed by atoms with E-state index in [1.165, 1.54) is 0 Å². The second kappa shape index (κ2) is 8.25. The van der Waals surface area contributed by atoms with Crippen molar-refractivity contribution in [2.45, 2.75) is 32.0 Å². The smallest absolute Gasteiger partial charge is 0.306 e. The first-order valence-electron chi connectivity index (χ1n) is 8.58. The van der Waals surface area contributed by atoms with E-state index in [0.29, 0.717) is 10.0 Å². The molecular weight excluding hydrogens is 386 g/mol. The van der Waals surface area contributed by atoms with Crippen LogP contribution in [0, 0.1) is 0 Å². The molecule has 2 unspecified atom stereocenters. The molecule has 2 aromatic carbocycles. The summed E-state index contributed by atoms with van der Waals surface area (Å²) in [5.41, 5.74) is 3.37. The number of thiocarbonyl (C=S) groups is 1. The zero-order valence-corrected chi connectivity index (χ0v) is 16.6. The molecule has 5 nitrogen and oxygen atoms in total. The summed E-state index contributed by atoms with van der Waals surface area (Å²) in [4.78, 5) is 11.6. The van der Waals surface area contributed by atoms with Gasteiger partial charge in [-0.25, -0.2) is 0 Å². The summed E-state index contributed by atoms with van der Waals surface area (Å²) < 4.78 is 11.9. The fraction of sp³-hybridized carbons (Fsp3) is 0.300. The van der Waals surface area contributed by atoms with Gasteiger partial charge in [0.1, 0.15) is 22.9 Å². The van der Waals surface area contributed by atoms with Crippen LogP contribution in [0.15, 0.2) is 36.4 Å². The average Bonchev–Trinajstić information content (AvgIpc) is 2.77. The van der Waals surface area contributed by atoms with Crippen LogP contribution in [0.3, 0.4) is 0 Å². The zero-order valence-electron chi connectivity index (χ0n) is 15.0. The van der Waals surface area contributed by atoms with E-state index in [9.17, 15) is 9.90 Å². The van der Waals surface area contributed by atoms with Crippen molar-refractivity contribution in [3.63, 3.8) is 0 Å². The van der Waals surface area contributed by atoms with E-state index in [-0.39, 0.29) is 6.42 Å². The summed E-state index contributed by atoms with van der Waals surface area (Å²) in [5, 5.41) is 12.9. The molecule has 7 heteroatoms. The van der Waals surface area contributed by atoms with Crippen molar-refractivity contribution in [2.75, 3.05) is 12.4 Å². The molecule has 0 saturated heterocycles. The number of aryl methyl sites for hydroxylation is 1. The number of hydrogen-bond donors (Lipinski definition) is 2. The summed E-state index contributed by atoms with van der Waals surface area (Å²) in [7, 11) is 1.62. The highest BCUT2D eigenvalue weighted by Gasteiger charge is 2.33. The van der Waals surface area contributed by atoms with Gasteiger partial charge in [0, 0.05) is 21.8 Å². The number of rotatable bonds is 5. The lowest BCUT2D eigenvalue weighted by Gasteiger charge is -2.24. The Kier molecular flexibility index (Phi) is 5.99. The van der Waals surface area contributed by atoms with Crippen LogP contribution in [0.25, 0.3) is 0 Å². The molecule has 0 spiro atoms. The van der Waals surface area contributed by atoms with Crippen LogP contribution in [-0.4, -0.2) is 29.3 Å². The Labute approximate surface area is 168 Å². The monoisotopic (exact) mass is 405 g/mol. The number of halogens is 1. The van der Waals surface area contributed by atoms with Crippen molar-refractivity contribution in [3.05, 3.63) is 58.1 Å². The number of fused-ring (bicyclic) bond motifs is 1. The first kappa shape index (κ1) is 19.6. The molecule has 1 aliphatic rings. The number of aliphatic carboxylic acids is 1. The Morgan fingerprint density at radius 2 is 2.11 bits per heavy atom. The van der Waals surface area contributed by atoms with Crippen LogP contribution in [0.2, 0.25) is 5.02 Å². The molecule has 0 fully saturated rings. The first-order valence-corrected chi connectivity index (χ1v) is 9.36. The standard InChI is InChI=1S/C20H20ClNO4S/c1-3-11-5-4-6-13(18(11)25-2)19-14-9-12(21)7-8-15(14)22-20(27)16(26-19)10-17(23)24/h4-9,16,19H,3,10H2,1-2H3,(H,22,27)(H,23,24). The van der Waals surface area contributed by atoms with Crippen LogP contribution in [0.5, 0.6) is 5.75 Å². The summed E-state index contributed by atoms with van der Waals surface area (Å²) in [5.74, 6) is -0.265. The number of carboxylic acid groups (broad SMARTS) is 1. The average molecular weight is 406 g/mol. The number of ether oxygens (including phenoxy) is 2. The molecule has 1 heterocycles. The molecule has 3 rings (SSSR count). The highest BCUT2D eigenvalue weighted by atomic mass is 35.5. The fourth-order valence-corrected chi connectivity index (χ4v) is 3.69. The van der Waals surface area contributed by atoms with Gasteiger partial charge in [0.25, 0.3) is 0 Å². The van der Waals surface area contributed by atoms with Crippen LogP contribution in [0.1, 0.15) is 36.1 Å². The van der Waals surface area contributed by atoms with Crippen LogP contribution in [-0.2, 0) is 16.0 Å². The van der Waals surface area contributed by atoms with Crippen molar-refractivity contribution in [2.24, 2.45) is 0 Å². The number of carbonyl (C=O) groups is 1. The summed E-state index contributed by atoms with van der Waals surface area (Å²) in [6.07, 6.45) is -0.789. The predicted octanol–water partition coefficient (Wildman–Crippen LogP) is 4.61. The molecule has 1 aliphatic heterocycles. The third kappa shape index (κ3) is 4.08. The second-order valence-corrected chi connectivity index (χ2v) is 7.09. The molecule has 142 valence electrons. The molecule has 0 amide bonds. The Morgan fingerprint density at radius 3 is 2.78 bits per heavy atom. The first-order chi connectivity index (χ1) is 12.9. The Hall–Kier alpha value is -2.15. The van der Waals surface area contributed by atoms with Crippen molar-refractivity contribution < 1.29 is 19.4 Å². The van der Waals surface area contributed by atoms with Gasteiger partial charge in [0.2, 0.25) is 0 Å². The largest absolute Gasteiger partial charge is 0.496 e. The lowest BCUT2D eigenvalue weighted by atomic mass is 9.96. The van der Waals surface area contributed by atoms with Gasteiger partial charge in [-0.15, -0.1) is 0 Å². The number of benzene rings is 2. The van der Waals surface area contributed by atoms with Gasteiger partial charge in [0.15, 0.2) is 0 Å². The molecule has 0 radical (unpaired) electrons. The molecule has 2 atom stereocenters. The SMILES string of the molecule is CCc1cccc(C2OC(CC(=O)O)C(=S)Nc3ccc(Cl)cc32)c1OC. The zero-order chi connectivity index (χ0) is 19.6. The summed E-state index contributed by atoms with van der Waals surface area (Å²) >= 11 is 11.6. The van der Waals surface area contributed by atoms with Crippen LogP contribution < -0.4 is 10.1 Å². The van der Waals surface area contributed by atoms with Gasteiger partial charge >= 0.3 is 5.97 Å². The predicted molar refractivity (Wildman–Crippen MR) is 109 cm³/mol. The van der Waals surface area contributed by atoms with Crippen molar-refractivity contribution >= 4 is 40.5 Å². The van der Waals surface area contributed by atoms with Crippen molar-refractivity contribution in [3.8, 4) is 5.75 Å². The number of anilines is 1. The molecular formula is C20H20ClNO4S. The van der Waals surface area contributed by atoms with E-state index < -0.39 is 18.2 Å². The summed E-state index contributed by atoms with van der Waals surface area (Å²) in [6.45, 7) is 2.05. The minimum atomic E-state index is -0.985. The molecule has 0 aliphatic carbocycles. The molecule has 2 aromatic rings. The van der Waals surface area contributed by atoms with E-state index in [1.54, 1.807) is 19.2 Å². The fourth-order valence-electron chi connectivity index (χ4n) is 3.26. The third-order valence-electron chi connectivity index (χ3n) is 4.50. The van der Waals surface area contributed by atoms with E-state index in [4.69, 9.17) is 33.3 Å². The Balaban J connectivity index is 2.18. The number of carboxylic acids is 1. The number of hydrogen-bond acceptors (Lipinski definition) is 4. The number of para-hydroxylation sites is 1. The molecule has 0 aromatic heterocycles. The lowest BCUT2D eigenvalue weighted by Crippen LogP contribution is -2.30. The highest BCUT2D eigenvalue weighted by molar-refractivity contribution is 7.80. The quantitative estimate of drug-likeness (QED) is 0.708. The molecule has 27 heavy (non-hydrogen) atoms. The van der Waals surface area contributed by atoms with E-state index in [2.05, 4.69) is 5.32 Å². The topological polar surface area (TPSA) is 67.8 Å². The van der Waals surface area contributed by atoms with E-state index in [1.807, 2.05) is 31.2 Å². The minimum Gasteiger partial charge on any atom is -0.496 e. The van der Waals surface area contributed by atoms with Crippen LogP contribution in [0.4, 0.5) is 5.69 Å². The van der Waals surface area contributed by atoms with Crippen molar-refractivity contribution in [1.29, 1.82) is 0 Å². The van der Waals surface area contributed by atoms with Crippen LogP contribution >= 0.6 is 23.8 Å². The number of methoxy groups -OCH3 is 1. The van der Waals surface area contributed by atoms with E-state index in [0.717, 1.165) is 34.5 Å². The molecule has 0 bridgehead atoms. The molecule has 0 saturated carbocycles. The van der Waals surface area contributed by atoms with Gasteiger partial charge in [-0.1, -0.05) is 48.9 Å². The Morgan fingerprint density at radius 1 is 1.33 bits per heavy atom. The summed E-state index contributed by atoms with van der Waals surface area (Å²) in [6, 6.07) is 11.2. The minimum absolute atomic E-state index is 0.236. The second-order valence-electron chi connectivity index (χ2n) is 6.22. The van der Waals surface area contributed by atoms with Gasteiger partial charge in [-0.3, -0.25) is 4.79 Å². The maximum atomic E-state index is 11.3. The van der Waals surface area contributed by atoms with Gasteiger partial charge in [0.05, 0.1) is 13.5 Å². The molecule has 2 N–H and O–H groups in total. The highest BCUT2D eigenvalue weighted by Crippen LogP contribution is 2.42. The number of nitrogens with one attached hydrogen (secondary N) is 1. The third-order valence-corrected chi connectivity index (χ3v) is 5.10. The maximum absolute atomic E-state index is 11.3. The van der Waals surface area contributed by atoms with E-state index >= 15 is 0 Å². The Bertz CT molecular complexity index is 886. The van der Waals surface area contributed by atoms with Gasteiger partial charge < -0.3 is 19.9 Å². The van der Waals surface area contributed by atoms with Gasteiger partial charge in [-0.2, -0.15) is 0 Å². The lowest BCUT2D eigenvalue weighted by molar-refractivity contribution is -0.139. The van der Waals surface area contributed by atoms with Gasteiger partial charge in [-0.05, 0) is 30.2 Å². The maximum Gasteiger partial charge on any atom is 0.306 e.